The van der Waals surface area contributed by atoms with Crippen LogP contribution in [0.1, 0.15) is 26.3 Å². The van der Waals surface area contributed by atoms with Crippen molar-refractivity contribution in [3.63, 3.8) is 0 Å². The van der Waals surface area contributed by atoms with E-state index in [9.17, 15) is 10.1 Å². The summed E-state index contributed by atoms with van der Waals surface area (Å²) < 4.78 is 5.47. The van der Waals surface area contributed by atoms with E-state index in [-0.39, 0.29) is 11.8 Å². The molecule has 1 atom stereocenters. The average Bonchev–Trinajstić information content (AvgIpc) is 2.15. The van der Waals surface area contributed by atoms with Crippen molar-refractivity contribution in [2.24, 2.45) is 0 Å². The second kappa shape index (κ2) is 6.00. The van der Waals surface area contributed by atoms with Gasteiger partial charge in [-0.05, 0) is 31.9 Å². The molecule has 1 aromatic rings. The van der Waals surface area contributed by atoms with Crippen molar-refractivity contribution in [1.82, 2.24) is 0 Å². The molecule has 1 unspecified atom stereocenters. The number of hydrogen-bond acceptors (Lipinski definition) is 3. The zero-order valence-electron chi connectivity index (χ0n) is 10.1. The van der Waals surface area contributed by atoms with Crippen LogP contribution in [0.3, 0.4) is 0 Å². The summed E-state index contributed by atoms with van der Waals surface area (Å²) in [7, 11) is 0. The molecule has 17 heavy (non-hydrogen) atoms. The van der Waals surface area contributed by atoms with E-state index in [1.54, 1.807) is 12.1 Å². The van der Waals surface area contributed by atoms with Crippen LogP contribution in [-0.4, -0.2) is 15.9 Å². The molecule has 0 spiro atoms. The fraction of sp³-hybridized carbons (Fsp3) is 0.500. The second-order valence-corrected chi connectivity index (χ2v) is 5.77. The summed E-state index contributed by atoms with van der Waals surface area (Å²) in [5.74, 6) is 0.343. The lowest BCUT2D eigenvalue weighted by molar-refractivity contribution is -0.386. The second-order valence-electron chi connectivity index (χ2n) is 4.21. The van der Waals surface area contributed by atoms with Gasteiger partial charge in [0, 0.05) is 10.9 Å². The van der Waals surface area contributed by atoms with Gasteiger partial charge in [-0.15, -0.1) is 0 Å². The molecule has 0 bridgehead atoms. The first-order valence-electron chi connectivity index (χ1n) is 5.48. The molecule has 0 N–H and O–H groups in total. The predicted molar refractivity (Wildman–Crippen MR) is 71.0 cm³/mol. The normalized spacial score (nSPS) is 12.5. The lowest BCUT2D eigenvalue weighted by atomic mass is 10.1. The highest BCUT2D eigenvalue weighted by Gasteiger charge is 2.17. The van der Waals surface area contributed by atoms with Gasteiger partial charge in [0.05, 0.1) is 11.0 Å². The van der Waals surface area contributed by atoms with E-state index < -0.39 is 4.92 Å². The standard InChI is InChI=1S/C12H16BrNO3/c1-8(2)17-12-7-10(6-9(3)13)4-5-11(12)14(15)16/h4-5,7-9H,6H2,1-3H3. The van der Waals surface area contributed by atoms with Gasteiger partial charge in [-0.2, -0.15) is 0 Å². The molecule has 4 nitrogen and oxygen atoms in total. The van der Waals surface area contributed by atoms with E-state index in [1.807, 2.05) is 20.8 Å². The Bertz CT molecular complexity index is 405. The lowest BCUT2D eigenvalue weighted by Crippen LogP contribution is -2.08. The minimum absolute atomic E-state index is 0.0182. The van der Waals surface area contributed by atoms with Crippen molar-refractivity contribution >= 4 is 21.6 Å². The molecule has 0 aromatic heterocycles. The highest BCUT2D eigenvalue weighted by Crippen LogP contribution is 2.29. The van der Waals surface area contributed by atoms with Gasteiger partial charge in [-0.1, -0.05) is 28.9 Å². The van der Waals surface area contributed by atoms with E-state index in [1.165, 1.54) is 6.07 Å². The summed E-state index contributed by atoms with van der Waals surface area (Å²) in [6.45, 7) is 5.73. The number of alkyl halides is 1. The molecule has 1 aromatic carbocycles. The molecule has 0 radical (unpaired) electrons. The van der Waals surface area contributed by atoms with Crippen molar-refractivity contribution in [2.45, 2.75) is 38.1 Å². The van der Waals surface area contributed by atoms with Crippen molar-refractivity contribution in [1.29, 1.82) is 0 Å². The predicted octanol–water partition coefficient (Wildman–Crippen LogP) is 3.71. The SMILES string of the molecule is CC(Br)Cc1ccc([N+](=O)[O-])c(OC(C)C)c1. The monoisotopic (exact) mass is 301 g/mol. The smallest absolute Gasteiger partial charge is 0.310 e. The van der Waals surface area contributed by atoms with Gasteiger partial charge in [0.25, 0.3) is 0 Å². The largest absolute Gasteiger partial charge is 0.484 e. The van der Waals surface area contributed by atoms with Gasteiger partial charge in [-0.3, -0.25) is 10.1 Å². The van der Waals surface area contributed by atoms with E-state index in [2.05, 4.69) is 15.9 Å². The van der Waals surface area contributed by atoms with Gasteiger partial charge in [0.2, 0.25) is 0 Å². The number of halogens is 1. The highest BCUT2D eigenvalue weighted by atomic mass is 79.9. The number of benzene rings is 1. The molecule has 0 amide bonds. The van der Waals surface area contributed by atoms with E-state index in [0.29, 0.717) is 10.6 Å². The summed E-state index contributed by atoms with van der Waals surface area (Å²) in [5, 5.41) is 10.9. The van der Waals surface area contributed by atoms with Crippen molar-refractivity contribution in [2.75, 3.05) is 0 Å². The molecule has 1 rings (SSSR count). The van der Waals surface area contributed by atoms with Crippen LogP contribution in [0.2, 0.25) is 0 Å². The molecule has 0 aliphatic heterocycles. The van der Waals surface area contributed by atoms with Crippen LogP contribution in [0, 0.1) is 10.1 Å². The first-order valence-corrected chi connectivity index (χ1v) is 6.39. The maximum absolute atomic E-state index is 10.9. The first-order chi connectivity index (χ1) is 7.90. The Morgan fingerprint density at radius 1 is 1.41 bits per heavy atom. The van der Waals surface area contributed by atoms with Gasteiger partial charge >= 0.3 is 5.69 Å². The number of rotatable bonds is 5. The average molecular weight is 302 g/mol. The van der Waals surface area contributed by atoms with E-state index in [4.69, 9.17) is 4.74 Å². The van der Waals surface area contributed by atoms with Crippen LogP contribution < -0.4 is 4.74 Å². The maximum Gasteiger partial charge on any atom is 0.310 e. The lowest BCUT2D eigenvalue weighted by Gasteiger charge is -2.12. The van der Waals surface area contributed by atoms with E-state index >= 15 is 0 Å². The quantitative estimate of drug-likeness (QED) is 0.473. The summed E-state index contributed by atoms with van der Waals surface area (Å²) in [6.07, 6.45) is 0.734. The molecule has 94 valence electrons. The van der Waals surface area contributed by atoms with Crippen molar-refractivity contribution < 1.29 is 9.66 Å². The Morgan fingerprint density at radius 3 is 2.53 bits per heavy atom. The Balaban J connectivity index is 3.05. The Kier molecular flexibility index (Phi) is 4.93. The molecular weight excluding hydrogens is 286 g/mol. The Labute approximate surface area is 109 Å². The third-order valence-corrected chi connectivity index (χ3v) is 2.42. The molecule has 0 heterocycles. The number of nitrogens with zero attached hydrogens (tertiary/aromatic N) is 1. The van der Waals surface area contributed by atoms with Crippen LogP contribution in [0.25, 0.3) is 0 Å². The molecule has 0 aliphatic carbocycles. The Morgan fingerprint density at radius 2 is 2.06 bits per heavy atom. The van der Waals surface area contributed by atoms with E-state index in [0.717, 1.165) is 12.0 Å². The molecule has 5 heteroatoms. The van der Waals surface area contributed by atoms with Gasteiger partial charge < -0.3 is 4.74 Å². The van der Waals surface area contributed by atoms with Crippen molar-refractivity contribution in [3.05, 3.63) is 33.9 Å². The zero-order valence-corrected chi connectivity index (χ0v) is 11.7. The third-order valence-electron chi connectivity index (χ3n) is 2.10. The number of nitro groups is 1. The van der Waals surface area contributed by atoms with Gasteiger partial charge in [-0.25, -0.2) is 0 Å². The Hall–Kier alpha value is -1.10. The van der Waals surface area contributed by atoms with Crippen LogP contribution in [-0.2, 0) is 6.42 Å². The van der Waals surface area contributed by atoms with Gasteiger partial charge in [0.15, 0.2) is 5.75 Å². The fourth-order valence-corrected chi connectivity index (χ4v) is 1.88. The number of hydrogen-bond donors (Lipinski definition) is 0. The van der Waals surface area contributed by atoms with Gasteiger partial charge in [0.1, 0.15) is 0 Å². The van der Waals surface area contributed by atoms with Crippen LogP contribution in [0.5, 0.6) is 5.75 Å². The van der Waals surface area contributed by atoms with Crippen LogP contribution >= 0.6 is 15.9 Å². The van der Waals surface area contributed by atoms with Crippen LogP contribution in [0.4, 0.5) is 5.69 Å². The number of ether oxygens (including phenoxy) is 1. The third kappa shape index (κ3) is 4.34. The zero-order chi connectivity index (χ0) is 13.0. The summed E-state index contributed by atoms with van der Waals surface area (Å²) >= 11 is 3.46. The molecule has 0 saturated carbocycles. The summed E-state index contributed by atoms with van der Waals surface area (Å²) in [4.78, 5) is 10.8. The molecule has 0 aliphatic rings. The van der Waals surface area contributed by atoms with Crippen molar-refractivity contribution in [3.8, 4) is 5.75 Å². The fourth-order valence-electron chi connectivity index (χ4n) is 1.51. The molecule has 0 saturated heterocycles. The molecule has 0 fully saturated rings. The van der Waals surface area contributed by atoms with Crippen LogP contribution in [0.15, 0.2) is 18.2 Å². The molecular formula is C12H16BrNO3. The topological polar surface area (TPSA) is 52.4 Å². The highest BCUT2D eigenvalue weighted by molar-refractivity contribution is 9.09. The maximum atomic E-state index is 10.9. The number of nitro benzene ring substituents is 1. The summed E-state index contributed by atoms with van der Waals surface area (Å²) in [5.41, 5.74) is 1.04. The summed E-state index contributed by atoms with van der Waals surface area (Å²) in [6, 6.07) is 5.02. The first kappa shape index (κ1) is 14.0. The minimum Gasteiger partial charge on any atom is -0.484 e. The minimum atomic E-state index is -0.418.